The molecule has 0 unspecified atom stereocenters. The summed E-state index contributed by atoms with van der Waals surface area (Å²) in [6, 6.07) is 42.0. The van der Waals surface area contributed by atoms with Gasteiger partial charge in [-0.05, 0) is 33.0 Å². The normalized spacial score (nSPS) is 10.9. The first-order valence-electron chi connectivity index (χ1n) is 11.3. The molecule has 0 N–H and O–H groups in total. The second-order valence-electron chi connectivity index (χ2n) is 8.18. The van der Waals surface area contributed by atoms with E-state index in [2.05, 4.69) is 113 Å². The fourth-order valence-electron chi connectivity index (χ4n) is 4.29. The highest BCUT2D eigenvalue weighted by Crippen LogP contribution is 2.30. The Bertz CT molecular complexity index is 1570. The summed E-state index contributed by atoms with van der Waals surface area (Å²) in [7, 11) is 0. The second-order valence-corrected chi connectivity index (χ2v) is 8.18. The molecule has 1 heterocycles. The molecule has 0 fully saturated rings. The van der Waals surface area contributed by atoms with Crippen molar-refractivity contribution in [2.45, 2.75) is 0 Å². The third-order valence-electron chi connectivity index (χ3n) is 6.07. The van der Waals surface area contributed by atoms with E-state index in [1.54, 1.807) is 6.33 Å². The second kappa shape index (κ2) is 8.72. The topological polar surface area (TPSA) is 38.7 Å². The van der Waals surface area contributed by atoms with Gasteiger partial charge in [0.25, 0.3) is 0 Å². The van der Waals surface area contributed by atoms with Crippen LogP contribution in [0.3, 0.4) is 0 Å². The van der Waals surface area contributed by atoms with Gasteiger partial charge in [0.05, 0.1) is 0 Å². The zero-order valence-corrected chi connectivity index (χ0v) is 18.5. The number of rotatable bonds is 4. The molecule has 0 spiro atoms. The third kappa shape index (κ3) is 3.84. The minimum atomic E-state index is 0.668. The quantitative estimate of drug-likeness (QED) is 0.285. The van der Waals surface area contributed by atoms with Crippen LogP contribution in [0, 0.1) is 0 Å². The Balaban J connectivity index is 1.30. The SMILES string of the molecule is c1ccc(-c2ccc(-c3ncnc(-c4ccc(-c5cccc6ccccc56)cc4)n3)cc2)cc1. The van der Waals surface area contributed by atoms with Crippen molar-refractivity contribution in [3.8, 4) is 45.0 Å². The maximum atomic E-state index is 4.75. The van der Waals surface area contributed by atoms with Gasteiger partial charge in [-0.2, -0.15) is 0 Å². The molecular weight excluding hydrogens is 414 g/mol. The third-order valence-corrected chi connectivity index (χ3v) is 6.07. The summed E-state index contributed by atoms with van der Waals surface area (Å²) in [5.41, 5.74) is 6.69. The van der Waals surface area contributed by atoms with Crippen molar-refractivity contribution in [3.63, 3.8) is 0 Å². The van der Waals surface area contributed by atoms with E-state index in [4.69, 9.17) is 4.98 Å². The van der Waals surface area contributed by atoms with Crippen LogP contribution in [0.25, 0.3) is 55.8 Å². The molecule has 3 nitrogen and oxygen atoms in total. The van der Waals surface area contributed by atoms with E-state index in [0.29, 0.717) is 11.6 Å². The van der Waals surface area contributed by atoms with Crippen LogP contribution < -0.4 is 0 Å². The molecule has 0 aliphatic carbocycles. The lowest BCUT2D eigenvalue weighted by molar-refractivity contribution is 1.07. The molecule has 3 heteroatoms. The Morgan fingerprint density at radius 2 is 0.912 bits per heavy atom. The standard InChI is InChI=1S/C31H21N3/c1-2-7-22(8-3-1)23-13-17-26(18-14-23)30-32-21-33-31(34-30)27-19-15-25(16-20-27)29-12-6-10-24-9-4-5-11-28(24)29/h1-21H. The number of benzene rings is 5. The van der Waals surface area contributed by atoms with Crippen molar-refractivity contribution < 1.29 is 0 Å². The molecule has 0 aliphatic rings. The predicted molar refractivity (Wildman–Crippen MR) is 139 cm³/mol. The molecular formula is C31H21N3. The van der Waals surface area contributed by atoms with Gasteiger partial charge in [0.1, 0.15) is 6.33 Å². The molecule has 0 saturated carbocycles. The Morgan fingerprint density at radius 3 is 1.62 bits per heavy atom. The number of nitrogens with zero attached hydrogens (tertiary/aromatic N) is 3. The number of hydrogen-bond acceptors (Lipinski definition) is 3. The number of fused-ring (bicyclic) bond motifs is 1. The van der Waals surface area contributed by atoms with Gasteiger partial charge in [0.2, 0.25) is 0 Å². The number of hydrogen-bond donors (Lipinski definition) is 0. The van der Waals surface area contributed by atoms with Gasteiger partial charge < -0.3 is 0 Å². The summed E-state index contributed by atoms with van der Waals surface area (Å²) in [4.78, 5) is 13.6. The van der Waals surface area contributed by atoms with Crippen molar-refractivity contribution in [3.05, 3.63) is 128 Å². The monoisotopic (exact) mass is 435 g/mol. The van der Waals surface area contributed by atoms with E-state index in [9.17, 15) is 0 Å². The average Bonchev–Trinajstić information content (AvgIpc) is 2.93. The van der Waals surface area contributed by atoms with Gasteiger partial charge >= 0.3 is 0 Å². The highest BCUT2D eigenvalue weighted by atomic mass is 15.0. The molecule has 0 saturated heterocycles. The van der Waals surface area contributed by atoms with Gasteiger partial charge in [-0.25, -0.2) is 15.0 Å². The molecule has 0 radical (unpaired) electrons. The Hall–Kier alpha value is -4.63. The largest absolute Gasteiger partial charge is 0.217 e. The molecule has 160 valence electrons. The highest BCUT2D eigenvalue weighted by Gasteiger charge is 2.08. The lowest BCUT2D eigenvalue weighted by Crippen LogP contribution is -1.95. The van der Waals surface area contributed by atoms with Crippen molar-refractivity contribution in [1.29, 1.82) is 0 Å². The van der Waals surface area contributed by atoms with Crippen LogP contribution in [0.15, 0.2) is 128 Å². The minimum Gasteiger partial charge on any atom is -0.217 e. The van der Waals surface area contributed by atoms with Crippen LogP contribution in [0.2, 0.25) is 0 Å². The van der Waals surface area contributed by atoms with E-state index < -0.39 is 0 Å². The van der Waals surface area contributed by atoms with E-state index in [1.165, 1.54) is 33.0 Å². The summed E-state index contributed by atoms with van der Waals surface area (Å²) < 4.78 is 0. The molecule has 0 amide bonds. The molecule has 6 rings (SSSR count). The molecule has 34 heavy (non-hydrogen) atoms. The van der Waals surface area contributed by atoms with Crippen LogP contribution in [0.5, 0.6) is 0 Å². The lowest BCUT2D eigenvalue weighted by Gasteiger charge is -2.08. The van der Waals surface area contributed by atoms with Crippen LogP contribution in [-0.4, -0.2) is 15.0 Å². The van der Waals surface area contributed by atoms with Gasteiger partial charge in [-0.3, -0.25) is 0 Å². The summed E-state index contributed by atoms with van der Waals surface area (Å²) >= 11 is 0. The maximum Gasteiger partial charge on any atom is 0.163 e. The fourth-order valence-corrected chi connectivity index (χ4v) is 4.29. The van der Waals surface area contributed by atoms with Gasteiger partial charge in [0.15, 0.2) is 11.6 Å². The first-order chi connectivity index (χ1) is 16.8. The van der Waals surface area contributed by atoms with Crippen LogP contribution in [0.4, 0.5) is 0 Å². The molecule has 0 bridgehead atoms. The van der Waals surface area contributed by atoms with Gasteiger partial charge in [0, 0.05) is 11.1 Å². The smallest absolute Gasteiger partial charge is 0.163 e. The molecule has 5 aromatic carbocycles. The van der Waals surface area contributed by atoms with E-state index in [0.717, 1.165) is 11.1 Å². The van der Waals surface area contributed by atoms with Crippen LogP contribution >= 0.6 is 0 Å². The Labute approximate surface area is 198 Å². The van der Waals surface area contributed by atoms with Gasteiger partial charge in [-0.1, -0.05) is 121 Å². The zero-order chi connectivity index (χ0) is 22.7. The highest BCUT2D eigenvalue weighted by molar-refractivity contribution is 5.96. The summed E-state index contributed by atoms with van der Waals surface area (Å²) in [6.45, 7) is 0. The fraction of sp³-hybridized carbons (Fsp3) is 0. The van der Waals surface area contributed by atoms with Gasteiger partial charge in [-0.15, -0.1) is 0 Å². The van der Waals surface area contributed by atoms with Crippen molar-refractivity contribution >= 4 is 10.8 Å². The summed E-state index contributed by atoms with van der Waals surface area (Å²) in [5, 5.41) is 2.49. The Kier molecular flexibility index (Phi) is 5.13. The first-order valence-corrected chi connectivity index (χ1v) is 11.3. The summed E-state index contributed by atoms with van der Waals surface area (Å²) in [5.74, 6) is 1.34. The van der Waals surface area contributed by atoms with Crippen molar-refractivity contribution in [1.82, 2.24) is 15.0 Å². The number of aromatic nitrogens is 3. The summed E-state index contributed by atoms with van der Waals surface area (Å²) in [6.07, 6.45) is 1.58. The minimum absolute atomic E-state index is 0.668. The van der Waals surface area contributed by atoms with E-state index in [1.807, 2.05) is 18.2 Å². The predicted octanol–water partition coefficient (Wildman–Crippen LogP) is 7.69. The molecule has 0 aliphatic heterocycles. The first kappa shape index (κ1) is 20.0. The lowest BCUT2D eigenvalue weighted by atomic mass is 9.97. The van der Waals surface area contributed by atoms with E-state index >= 15 is 0 Å². The zero-order valence-electron chi connectivity index (χ0n) is 18.5. The molecule has 1 aromatic heterocycles. The van der Waals surface area contributed by atoms with E-state index in [-0.39, 0.29) is 0 Å². The van der Waals surface area contributed by atoms with Crippen LogP contribution in [-0.2, 0) is 0 Å². The van der Waals surface area contributed by atoms with Crippen molar-refractivity contribution in [2.24, 2.45) is 0 Å². The van der Waals surface area contributed by atoms with Crippen molar-refractivity contribution in [2.75, 3.05) is 0 Å². The molecule has 6 aromatic rings. The maximum absolute atomic E-state index is 4.75. The Morgan fingerprint density at radius 1 is 0.382 bits per heavy atom. The van der Waals surface area contributed by atoms with Crippen LogP contribution in [0.1, 0.15) is 0 Å². The average molecular weight is 436 g/mol. The molecule has 0 atom stereocenters.